The summed E-state index contributed by atoms with van der Waals surface area (Å²) < 4.78 is 0. The summed E-state index contributed by atoms with van der Waals surface area (Å²) in [5.41, 5.74) is 14.7. The second-order valence-corrected chi connectivity index (χ2v) is 14.6. The Kier molecular flexibility index (Phi) is 10.4. The zero-order valence-corrected chi connectivity index (χ0v) is 31.9. The molecule has 7 heterocycles. The molecular weight excluding hydrogens is 691 g/mol. The third-order valence-electron chi connectivity index (χ3n) is 11.5. The Morgan fingerprint density at radius 2 is 0.925 bits per heavy atom. The van der Waals surface area contributed by atoms with E-state index in [1.807, 2.05) is 0 Å². The molecule has 2 fully saturated rings. The van der Waals surface area contributed by atoms with Gasteiger partial charge in [0.2, 0.25) is 0 Å². The van der Waals surface area contributed by atoms with E-state index < -0.39 is 0 Å². The van der Waals surface area contributed by atoms with Gasteiger partial charge in [0.1, 0.15) is 0 Å². The Labute approximate surface area is 323 Å². The minimum Gasteiger partial charge on any atom is -0.657 e. The molecular formula is C46H46MnN6. The second kappa shape index (κ2) is 15.5. The van der Waals surface area contributed by atoms with Crippen LogP contribution in [0.4, 0.5) is 0 Å². The summed E-state index contributed by atoms with van der Waals surface area (Å²) in [7, 11) is 0. The van der Waals surface area contributed by atoms with Crippen LogP contribution in [0, 0.1) is 0 Å². The zero-order valence-electron chi connectivity index (χ0n) is 30.7. The van der Waals surface area contributed by atoms with Crippen molar-refractivity contribution in [3.63, 3.8) is 0 Å². The third kappa shape index (κ3) is 6.88. The van der Waals surface area contributed by atoms with Crippen molar-refractivity contribution in [2.45, 2.75) is 51.4 Å². The first-order valence-corrected chi connectivity index (χ1v) is 19.3. The van der Waals surface area contributed by atoms with Crippen molar-refractivity contribution in [1.82, 2.24) is 29.7 Å². The maximum Gasteiger partial charge on any atom is 2.00 e. The van der Waals surface area contributed by atoms with Crippen LogP contribution in [-0.2, 0) is 17.1 Å². The smallest absolute Gasteiger partial charge is 0.657 e. The summed E-state index contributed by atoms with van der Waals surface area (Å²) in [4.78, 5) is 27.1. The fraction of sp³-hybridized carbons (Fsp3) is 0.304. The molecule has 0 aliphatic carbocycles. The molecule has 3 aromatic heterocycles. The van der Waals surface area contributed by atoms with E-state index in [0.717, 1.165) is 119 Å². The number of nitrogens with zero attached hydrogens (tertiary/aromatic N) is 6. The average molecular weight is 738 g/mol. The quantitative estimate of drug-likeness (QED) is 0.159. The molecule has 2 aromatic carbocycles. The summed E-state index contributed by atoms with van der Waals surface area (Å²) in [6, 6.07) is 30.2. The summed E-state index contributed by atoms with van der Waals surface area (Å²) in [5.74, 6) is 0.669. The van der Waals surface area contributed by atoms with Gasteiger partial charge in [-0.2, -0.15) is 0 Å². The molecule has 2 unspecified atom stereocenters. The summed E-state index contributed by atoms with van der Waals surface area (Å²) in [5, 5.41) is 0. The van der Waals surface area contributed by atoms with Crippen molar-refractivity contribution in [1.29, 1.82) is 0 Å². The van der Waals surface area contributed by atoms with E-state index in [9.17, 15) is 0 Å². The summed E-state index contributed by atoms with van der Waals surface area (Å²) in [6.45, 7) is 10.9. The zero-order chi connectivity index (χ0) is 35.0. The molecule has 1 radical (unpaired) electrons. The largest absolute Gasteiger partial charge is 2.00 e. The van der Waals surface area contributed by atoms with E-state index in [0.29, 0.717) is 11.8 Å². The molecule has 53 heavy (non-hydrogen) atoms. The number of piperidine rings is 2. The van der Waals surface area contributed by atoms with Crippen molar-refractivity contribution in [2.24, 2.45) is 0 Å². The molecule has 267 valence electrons. The molecule has 0 amide bonds. The van der Waals surface area contributed by atoms with Crippen LogP contribution in [0.1, 0.15) is 85.3 Å². The minimum atomic E-state index is 0. The SMILES string of the molecule is CCN1CCCC(c2c3nc(c(-c4ccccc4)c4ccc([n-]4)c(C4CCCN(CC)C4)c4nc(c(-c5ccccc5)c5ccc2[n-]5)C=C4)C=C3)C1.[Mn+2]. The first kappa shape index (κ1) is 35.5. The Balaban J connectivity index is 0.00000400. The monoisotopic (exact) mass is 737 g/mol. The van der Waals surface area contributed by atoms with Crippen LogP contribution < -0.4 is 9.97 Å². The van der Waals surface area contributed by atoms with Crippen LogP contribution in [0.5, 0.6) is 0 Å². The van der Waals surface area contributed by atoms with Gasteiger partial charge in [0, 0.05) is 13.1 Å². The first-order valence-electron chi connectivity index (χ1n) is 19.3. The molecule has 4 aliphatic heterocycles. The van der Waals surface area contributed by atoms with Crippen LogP contribution in [-0.4, -0.2) is 59.0 Å². The van der Waals surface area contributed by atoms with Crippen molar-refractivity contribution in [3.8, 4) is 22.3 Å². The Hall–Kier alpha value is -4.52. The van der Waals surface area contributed by atoms with Crippen molar-refractivity contribution in [3.05, 3.63) is 119 Å². The third-order valence-corrected chi connectivity index (χ3v) is 11.5. The predicted octanol–water partition coefficient (Wildman–Crippen LogP) is 9.64. The standard InChI is InChI=1S/C46H46N6.Mn/c1-3-51-27-11-17-33(29-51)45-39-23-19-35(47-39)43(31-13-7-5-8-14-31)37-21-25-41(49-37)46(34-18-12-28-52(4-2)30-34)42-26-22-38(50-42)44(32-15-9-6-10-16-32)36-20-24-40(45)48-36;/h5-10,13-16,19-26,33-34H,3-4,11-12,17-18,27-30H2,1-2H3;/q-2;+2. The van der Waals surface area contributed by atoms with Crippen LogP contribution in [0.2, 0.25) is 0 Å². The van der Waals surface area contributed by atoms with E-state index >= 15 is 0 Å². The number of rotatable bonds is 6. The predicted molar refractivity (Wildman–Crippen MR) is 216 cm³/mol. The number of fused-ring (bicyclic) bond motifs is 8. The summed E-state index contributed by atoms with van der Waals surface area (Å²) in [6.07, 6.45) is 13.4. The topological polar surface area (TPSA) is 60.5 Å². The second-order valence-electron chi connectivity index (χ2n) is 14.6. The normalized spacial score (nSPS) is 19.0. The molecule has 8 bridgehead atoms. The van der Waals surface area contributed by atoms with Crippen molar-refractivity contribution in [2.75, 3.05) is 39.3 Å². The fourth-order valence-corrected chi connectivity index (χ4v) is 8.92. The van der Waals surface area contributed by atoms with E-state index in [2.05, 4.69) is 133 Å². The van der Waals surface area contributed by atoms with Gasteiger partial charge in [-0.1, -0.05) is 98.8 Å². The van der Waals surface area contributed by atoms with E-state index in [-0.39, 0.29) is 17.1 Å². The maximum absolute atomic E-state index is 5.49. The number of benzene rings is 2. The molecule has 6 nitrogen and oxygen atoms in total. The van der Waals surface area contributed by atoms with Gasteiger partial charge in [-0.05, 0) is 121 Å². The number of likely N-dealkylation sites (tertiary alicyclic amines) is 2. The van der Waals surface area contributed by atoms with E-state index in [4.69, 9.17) is 19.9 Å². The minimum absolute atomic E-state index is 0. The van der Waals surface area contributed by atoms with Crippen LogP contribution in [0.25, 0.3) is 68.6 Å². The van der Waals surface area contributed by atoms with Gasteiger partial charge >= 0.3 is 17.1 Å². The van der Waals surface area contributed by atoms with Crippen LogP contribution in [0.3, 0.4) is 0 Å². The molecule has 0 saturated carbocycles. The summed E-state index contributed by atoms with van der Waals surface area (Å²) >= 11 is 0. The molecule has 7 heteroatoms. The van der Waals surface area contributed by atoms with Gasteiger partial charge in [0.15, 0.2) is 0 Å². The van der Waals surface area contributed by atoms with Gasteiger partial charge in [-0.25, -0.2) is 9.97 Å². The maximum atomic E-state index is 5.49. The number of hydrogen-bond donors (Lipinski definition) is 0. The molecule has 0 spiro atoms. The fourth-order valence-electron chi connectivity index (χ4n) is 8.92. The van der Waals surface area contributed by atoms with E-state index in [1.54, 1.807) is 0 Å². The Morgan fingerprint density at radius 1 is 0.528 bits per heavy atom. The van der Waals surface area contributed by atoms with Crippen LogP contribution in [0.15, 0.2) is 84.9 Å². The van der Waals surface area contributed by atoms with Crippen molar-refractivity contribution >= 4 is 46.4 Å². The van der Waals surface area contributed by atoms with Gasteiger partial charge in [0.25, 0.3) is 0 Å². The van der Waals surface area contributed by atoms with Gasteiger partial charge in [-0.15, -0.1) is 22.1 Å². The number of hydrogen-bond acceptors (Lipinski definition) is 4. The molecule has 5 aromatic rings. The Bertz CT molecular complexity index is 2150. The van der Waals surface area contributed by atoms with Gasteiger partial charge in [0.05, 0.1) is 22.8 Å². The molecule has 2 atom stereocenters. The van der Waals surface area contributed by atoms with Gasteiger partial charge < -0.3 is 19.8 Å². The average Bonchev–Trinajstić information content (AvgIpc) is 4.04. The molecule has 2 saturated heterocycles. The number of likely N-dealkylation sites (N-methyl/N-ethyl adjacent to an activating group) is 2. The molecule has 9 rings (SSSR count). The van der Waals surface area contributed by atoms with Gasteiger partial charge in [-0.3, -0.25) is 0 Å². The number of aromatic nitrogens is 4. The molecule has 0 N–H and O–H groups in total. The van der Waals surface area contributed by atoms with Crippen LogP contribution >= 0.6 is 0 Å². The first-order chi connectivity index (χ1) is 25.7. The Morgan fingerprint density at radius 3 is 1.34 bits per heavy atom. The van der Waals surface area contributed by atoms with E-state index in [1.165, 1.54) is 24.0 Å². The molecule has 4 aliphatic rings. The van der Waals surface area contributed by atoms with Crippen molar-refractivity contribution < 1.29 is 17.1 Å².